The summed E-state index contributed by atoms with van der Waals surface area (Å²) >= 11 is 3.96. The highest BCUT2D eigenvalue weighted by molar-refractivity contribution is 9.10. The third kappa shape index (κ3) is 4.42. The van der Waals surface area contributed by atoms with E-state index in [2.05, 4.69) is 36.0 Å². The molecule has 1 aromatic carbocycles. The minimum atomic E-state index is -0.875. The normalized spacial score (nSPS) is 10.4. The van der Waals surface area contributed by atoms with Gasteiger partial charge in [0, 0.05) is 4.47 Å². The number of pyridine rings is 1. The van der Waals surface area contributed by atoms with Gasteiger partial charge in [0.25, 0.3) is 5.69 Å². The molecule has 0 unspecified atom stereocenters. The molecule has 0 radical (unpaired) electrons. The number of nitrogen functional groups attached to an aromatic ring is 1. The Labute approximate surface area is 187 Å². The predicted molar refractivity (Wildman–Crippen MR) is 108 cm³/mol. The maximum atomic E-state index is 13.9. The molecule has 2 heterocycles. The second kappa shape index (κ2) is 8.99. The molecule has 0 aliphatic heterocycles. The van der Waals surface area contributed by atoms with E-state index < -0.39 is 17.7 Å². The number of carbonyl (C=O) groups excluding carboxylic acids is 1. The Balaban J connectivity index is 1.94. The zero-order chi connectivity index (χ0) is 22.7. The highest BCUT2D eigenvalue weighted by Crippen LogP contribution is 2.36. The number of nitrogens with one attached hydrogen (secondary N) is 1. The number of hydrogen-bond acceptors (Lipinski definition) is 9. The Morgan fingerprint density at radius 1 is 1.42 bits per heavy atom. The lowest BCUT2D eigenvalue weighted by Crippen LogP contribution is -2.32. The maximum absolute atomic E-state index is 13.9. The Kier molecular flexibility index (Phi) is 6.39. The first-order valence-electron chi connectivity index (χ1n) is 8.31. The third-order valence-electron chi connectivity index (χ3n) is 3.96. The summed E-state index contributed by atoms with van der Waals surface area (Å²) in [6.07, 6.45) is 0. The zero-order valence-corrected chi connectivity index (χ0v) is 18.0. The van der Waals surface area contributed by atoms with E-state index in [1.54, 1.807) is 6.07 Å². The van der Waals surface area contributed by atoms with Crippen LogP contribution in [0.4, 0.5) is 15.9 Å². The lowest BCUT2D eigenvalue weighted by atomic mass is 10.0. The Hall–Kier alpha value is -3.68. The van der Waals surface area contributed by atoms with Crippen molar-refractivity contribution < 1.29 is 23.5 Å². The number of thioether (sulfide) groups is 1. The van der Waals surface area contributed by atoms with E-state index in [1.807, 2.05) is 12.1 Å². The van der Waals surface area contributed by atoms with Crippen LogP contribution in [-0.4, -0.2) is 21.9 Å². The fourth-order valence-electron chi connectivity index (χ4n) is 2.63. The number of nitrogens with two attached hydrogens (primary N) is 1. The van der Waals surface area contributed by atoms with Crippen LogP contribution in [-0.2, 0) is 11.8 Å². The van der Waals surface area contributed by atoms with Crippen molar-refractivity contribution >= 4 is 45.1 Å². The summed E-state index contributed by atoms with van der Waals surface area (Å²) < 4.78 is 20.1. The van der Waals surface area contributed by atoms with Gasteiger partial charge in [-0.2, -0.15) is 10.5 Å². The van der Waals surface area contributed by atoms with Crippen LogP contribution in [0.3, 0.4) is 0 Å². The standard InChI is InChI=1S/C18H11BrFN7O3S/c1-27-15(18(29)30-26-27)14-9(5-21)16(23)25-17(10(14)6-22)31-7-13(28)24-12-3-2-8(19)4-11(12)20/h2-4H,7H2,1H3,(H3-,23,24,25,26,28,29). The van der Waals surface area contributed by atoms with Gasteiger partial charge in [-0.25, -0.2) is 9.37 Å². The van der Waals surface area contributed by atoms with E-state index in [1.165, 1.54) is 19.2 Å². The van der Waals surface area contributed by atoms with Crippen LogP contribution >= 0.6 is 27.7 Å². The molecule has 0 aliphatic carbocycles. The molecule has 156 valence electrons. The summed E-state index contributed by atoms with van der Waals surface area (Å²) in [4.78, 5) is 16.3. The summed E-state index contributed by atoms with van der Waals surface area (Å²) in [6, 6.07) is 7.86. The van der Waals surface area contributed by atoms with E-state index in [9.17, 15) is 24.8 Å². The topological polar surface area (TPSA) is 169 Å². The van der Waals surface area contributed by atoms with Crippen molar-refractivity contribution in [3.63, 3.8) is 0 Å². The number of nitrogens with zero attached hydrogens (tertiary/aromatic N) is 5. The van der Waals surface area contributed by atoms with Crippen LogP contribution < -0.4 is 20.8 Å². The second-order valence-electron chi connectivity index (χ2n) is 5.94. The molecule has 13 heteroatoms. The fourth-order valence-corrected chi connectivity index (χ4v) is 3.76. The molecule has 3 N–H and O–H groups in total. The van der Waals surface area contributed by atoms with Gasteiger partial charge in [0.15, 0.2) is 13.0 Å². The molecule has 31 heavy (non-hydrogen) atoms. The number of anilines is 2. The minimum Gasteiger partial charge on any atom is -0.539 e. The van der Waals surface area contributed by atoms with Crippen molar-refractivity contribution in [1.29, 1.82) is 10.5 Å². The van der Waals surface area contributed by atoms with E-state index in [0.29, 0.717) is 4.47 Å². The molecular weight excluding hydrogens is 493 g/mol. The minimum absolute atomic E-state index is 0.0148. The number of aryl methyl sites for hydroxylation is 1. The number of halogens is 2. The van der Waals surface area contributed by atoms with Gasteiger partial charge in [-0.05, 0) is 18.2 Å². The largest absolute Gasteiger partial charge is 0.539 e. The number of hydrogen-bond donors (Lipinski definition) is 2. The van der Waals surface area contributed by atoms with Crippen molar-refractivity contribution in [3.8, 4) is 29.3 Å². The SMILES string of the molecule is C[n+]1noc([O-])c1-c1c(C#N)c(N)nc(SCC(=O)Nc2ccc(Br)cc2F)c1C#N. The average Bonchev–Trinajstić information content (AvgIpc) is 3.05. The highest BCUT2D eigenvalue weighted by Gasteiger charge is 2.29. The van der Waals surface area contributed by atoms with Crippen LogP contribution in [0.25, 0.3) is 11.3 Å². The first kappa shape index (κ1) is 22.0. The summed E-state index contributed by atoms with van der Waals surface area (Å²) in [7, 11) is 1.40. The molecule has 0 spiro atoms. The number of carbonyl (C=O) groups is 1. The first-order valence-corrected chi connectivity index (χ1v) is 10.1. The van der Waals surface area contributed by atoms with E-state index >= 15 is 0 Å². The molecule has 10 nitrogen and oxygen atoms in total. The molecule has 0 saturated heterocycles. The number of nitriles is 2. The van der Waals surface area contributed by atoms with E-state index in [-0.39, 0.29) is 44.7 Å². The summed E-state index contributed by atoms with van der Waals surface area (Å²) in [5.74, 6) is -2.56. The molecule has 3 aromatic rings. The van der Waals surface area contributed by atoms with Crippen molar-refractivity contribution in [2.75, 3.05) is 16.8 Å². The first-order chi connectivity index (χ1) is 14.8. The molecule has 1 amide bonds. The third-order valence-corrected chi connectivity index (χ3v) is 5.43. The number of benzene rings is 1. The monoisotopic (exact) mass is 503 g/mol. The molecule has 0 aliphatic rings. The van der Waals surface area contributed by atoms with Gasteiger partial charge in [0.05, 0.1) is 27.8 Å². The molecule has 0 saturated carbocycles. The average molecular weight is 504 g/mol. The second-order valence-corrected chi connectivity index (χ2v) is 7.82. The molecule has 0 fully saturated rings. The lowest BCUT2D eigenvalue weighted by Gasteiger charge is -2.11. The number of aromatic nitrogens is 3. The summed E-state index contributed by atoms with van der Waals surface area (Å²) in [6.45, 7) is 0. The van der Waals surface area contributed by atoms with Crippen LogP contribution in [0.2, 0.25) is 0 Å². The number of rotatable bonds is 5. The molecule has 0 bridgehead atoms. The molecule has 0 atom stereocenters. The van der Waals surface area contributed by atoms with Gasteiger partial charge < -0.3 is 20.7 Å². The van der Waals surface area contributed by atoms with Crippen LogP contribution in [0.5, 0.6) is 5.95 Å². The van der Waals surface area contributed by atoms with Gasteiger partial charge in [-0.15, -0.1) is 0 Å². The zero-order valence-electron chi connectivity index (χ0n) is 15.6. The van der Waals surface area contributed by atoms with Crippen molar-refractivity contribution in [1.82, 2.24) is 10.3 Å². The Morgan fingerprint density at radius 3 is 2.71 bits per heavy atom. The van der Waals surface area contributed by atoms with Crippen LogP contribution in [0.1, 0.15) is 11.1 Å². The van der Waals surface area contributed by atoms with Crippen molar-refractivity contribution in [2.45, 2.75) is 5.03 Å². The van der Waals surface area contributed by atoms with Gasteiger partial charge in [0.1, 0.15) is 34.4 Å². The van der Waals surface area contributed by atoms with Crippen molar-refractivity contribution in [3.05, 3.63) is 39.6 Å². The smallest absolute Gasteiger partial charge is 0.266 e. The molecular formula is C18H11BrFN7O3S. The van der Waals surface area contributed by atoms with E-state index in [4.69, 9.17) is 5.73 Å². The van der Waals surface area contributed by atoms with Gasteiger partial charge in [0.2, 0.25) is 5.91 Å². The Bertz CT molecular complexity index is 1260. The van der Waals surface area contributed by atoms with Crippen molar-refractivity contribution in [2.24, 2.45) is 7.05 Å². The fraction of sp³-hybridized carbons (Fsp3) is 0.111. The van der Waals surface area contributed by atoms with Crippen LogP contribution in [0, 0.1) is 28.5 Å². The molecule has 3 rings (SSSR count). The summed E-state index contributed by atoms with van der Waals surface area (Å²) in [5, 5.41) is 37.1. The lowest BCUT2D eigenvalue weighted by molar-refractivity contribution is -0.730. The predicted octanol–water partition coefficient (Wildman–Crippen LogP) is 1.59. The van der Waals surface area contributed by atoms with E-state index in [0.717, 1.165) is 16.4 Å². The highest BCUT2D eigenvalue weighted by atomic mass is 79.9. The maximum Gasteiger partial charge on any atom is 0.266 e. The Morgan fingerprint density at radius 2 is 2.13 bits per heavy atom. The van der Waals surface area contributed by atoms with Crippen LogP contribution in [0.15, 0.2) is 32.2 Å². The number of amides is 1. The van der Waals surface area contributed by atoms with Gasteiger partial charge >= 0.3 is 0 Å². The quantitative estimate of drug-likeness (QED) is 0.387. The summed E-state index contributed by atoms with van der Waals surface area (Å²) in [5.41, 5.74) is 5.24. The molecule has 2 aromatic heterocycles. The van der Waals surface area contributed by atoms with Gasteiger partial charge in [-0.3, -0.25) is 4.79 Å². The van der Waals surface area contributed by atoms with Gasteiger partial charge in [-0.1, -0.05) is 32.4 Å².